The van der Waals surface area contributed by atoms with Crippen LogP contribution in [0.3, 0.4) is 0 Å². The van der Waals surface area contributed by atoms with Gasteiger partial charge in [-0.15, -0.1) is 0 Å². The number of piperidine rings is 1. The summed E-state index contributed by atoms with van der Waals surface area (Å²) in [5, 5.41) is 8.60. The molecule has 1 rings (SSSR count). The van der Waals surface area contributed by atoms with Crippen molar-refractivity contribution in [2.45, 2.75) is 31.5 Å². The van der Waals surface area contributed by atoms with Crippen LogP contribution in [0.4, 0.5) is 13.2 Å². The number of carbonyl (C=O) groups is 1. The van der Waals surface area contributed by atoms with Gasteiger partial charge in [0, 0.05) is 6.54 Å². The lowest BCUT2D eigenvalue weighted by Gasteiger charge is -2.35. The lowest BCUT2D eigenvalue weighted by Crippen LogP contribution is -2.47. The third-order valence-electron chi connectivity index (χ3n) is 3.66. The molecule has 1 aliphatic heterocycles. The van der Waals surface area contributed by atoms with Gasteiger partial charge < -0.3 is 10.0 Å². The molecule has 1 N–H and O–H groups in total. The van der Waals surface area contributed by atoms with Gasteiger partial charge in [-0.3, -0.25) is 9.69 Å². The van der Waals surface area contributed by atoms with Crippen molar-refractivity contribution < 1.29 is 23.1 Å². The molecule has 0 spiro atoms. The largest absolute Gasteiger partial charge is 0.481 e. The fraction of sp³-hybridized carbons (Fsp3) is 0.917. The van der Waals surface area contributed by atoms with Crippen LogP contribution in [0, 0.1) is 5.92 Å². The molecule has 1 heterocycles. The van der Waals surface area contributed by atoms with E-state index < -0.39 is 24.6 Å². The number of carboxylic acids is 1. The molecule has 0 bridgehead atoms. The first kappa shape index (κ1) is 16.2. The SMILES string of the molecule is CN1CCC(CN(C)C(CC(=O)O)C(F)(F)F)CC1. The normalized spacial score (nSPS) is 20.7. The van der Waals surface area contributed by atoms with E-state index in [1.54, 1.807) is 0 Å². The second kappa shape index (κ2) is 6.56. The summed E-state index contributed by atoms with van der Waals surface area (Å²) >= 11 is 0. The highest BCUT2D eigenvalue weighted by Gasteiger charge is 2.44. The molecule has 0 aromatic heterocycles. The van der Waals surface area contributed by atoms with Gasteiger partial charge in [0.25, 0.3) is 0 Å². The number of nitrogens with zero attached hydrogens (tertiary/aromatic N) is 2. The summed E-state index contributed by atoms with van der Waals surface area (Å²) in [6.45, 7) is 2.06. The van der Waals surface area contributed by atoms with Crippen LogP contribution in [0.5, 0.6) is 0 Å². The Morgan fingerprint density at radius 2 is 1.95 bits per heavy atom. The fourth-order valence-electron chi connectivity index (χ4n) is 2.47. The standard InChI is InChI=1S/C12H21F3N2O2/c1-16-5-3-9(4-6-16)8-17(2)10(7-11(18)19)12(13,14)15/h9-10H,3-8H2,1-2H3,(H,18,19). The van der Waals surface area contributed by atoms with Gasteiger partial charge in [0.15, 0.2) is 0 Å². The van der Waals surface area contributed by atoms with E-state index in [4.69, 9.17) is 5.11 Å². The van der Waals surface area contributed by atoms with Gasteiger partial charge in [-0.2, -0.15) is 13.2 Å². The van der Waals surface area contributed by atoms with Gasteiger partial charge >= 0.3 is 12.1 Å². The number of likely N-dealkylation sites (tertiary alicyclic amines) is 1. The van der Waals surface area contributed by atoms with Crippen LogP contribution >= 0.6 is 0 Å². The molecule has 1 aliphatic rings. The summed E-state index contributed by atoms with van der Waals surface area (Å²) in [6, 6.07) is -1.90. The fourth-order valence-corrected chi connectivity index (χ4v) is 2.47. The summed E-state index contributed by atoms with van der Waals surface area (Å²) < 4.78 is 38.5. The molecule has 7 heteroatoms. The van der Waals surface area contributed by atoms with Crippen molar-refractivity contribution in [3.05, 3.63) is 0 Å². The van der Waals surface area contributed by atoms with Crippen molar-refractivity contribution >= 4 is 5.97 Å². The first-order valence-electron chi connectivity index (χ1n) is 6.37. The second-order valence-corrected chi connectivity index (χ2v) is 5.34. The van der Waals surface area contributed by atoms with Gasteiger partial charge in [-0.25, -0.2) is 0 Å². The van der Waals surface area contributed by atoms with Gasteiger partial charge in [-0.05, 0) is 45.9 Å². The van der Waals surface area contributed by atoms with Crippen molar-refractivity contribution in [1.29, 1.82) is 0 Å². The highest BCUT2D eigenvalue weighted by molar-refractivity contribution is 5.67. The minimum absolute atomic E-state index is 0.208. The molecule has 1 atom stereocenters. The van der Waals surface area contributed by atoms with E-state index in [-0.39, 0.29) is 5.92 Å². The zero-order valence-corrected chi connectivity index (χ0v) is 11.3. The molecule has 1 unspecified atom stereocenters. The number of aliphatic carboxylic acids is 1. The summed E-state index contributed by atoms with van der Waals surface area (Å²) in [5.41, 5.74) is 0. The van der Waals surface area contributed by atoms with E-state index in [1.807, 2.05) is 7.05 Å². The van der Waals surface area contributed by atoms with Crippen LogP contribution in [0.25, 0.3) is 0 Å². The van der Waals surface area contributed by atoms with Crippen molar-refractivity contribution in [3.8, 4) is 0 Å². The number of halogens is 3. The molecular formula is C12H21F3N2O2. The van der Waals surface area contributed by atoms with Crippen molar-refractivity contribution in [2.24, 2.45) is 5.92 Å². The predicted octanol–water partition coefficient (Wildman–Crippen LogP) is 1.67. The predicted molar refractivity (Wildman–Crippen MR) is 64.9 cm³/mol. The summed E-state index contributed by atoms with van der Waals surface area (Å²) in [5.74, 6) is -1.21. The Bertz CT molecular complexity index is 302. The van der Waals surface area contributed by atoms with Crippen LogP contribution in [0.15, 0.2) is 0 Å². The molecule has 0 saturated carbocycles. The Hall–Kier alpha value is -0.820. The van der Waals surface area contributed by atoms with Crippen molar-refractivity contribution in [3.63, 3.8) is 0 Å². The smallest absolute Gasteiger partial charge is 0.404 e. The van der Waals surface area contributed by atoms with E-state index in [9.17, 15) is 18.0 Å². The highest BCUT2D eigenvalue weighted by Crippen LogP contribution is 2.28. The Morgan fingerprint density at radius 1 is 1.42 bits per heavy atom. The monoisotopic (exact) mass is 282 g/mol. The summed E-state index contributed by atoms with van der Waals surface area (Å²) in [6.07, 6.45) is -3.68. The number of alkyl halides is 3. The maximum Gasteiger partial charge on any atom is 0.404 e. The van der Waals surface area contributed by atoms with Crippen LogP contribution < -0.4 is 0 Å². The van der Waals surface area contributed by atoms with Crippen LogP contribution in [-0.2, 0) is 4.79 Å². The molecule has 0 aromatic rings. The zero-order chi connectivity index (χ0) is 14.6. The van der Waals surface area contributed by atoms with Gasteiger partial charge in [0.05, 0.1) is 6.42 Å². The molecule has 112 valence electrons. The molecule has 0 radical (unpaired) electrons. The maximum absolute atomic E-state index is 12.8. The van der Waals surface area contributed by atoms with Crippen LogP contribution in [0.2, 0.25) is 0 Å². The van der Waals surface area contributed by atoms with Crippen molar-refractivity contribution in [2.75, 3.05) is 33.7 Å². The number of hydrogen-bond acceptors (Lipinski definition) is 3. The van der Waals surface area contributed by atoms with Crippen molar-refractivity contribution in [1.82, 2.24) is 9.80 Å². The zero-order valence-electron chi connectivity index (χ0n) is 11.3. The number of hydrogen-bond donors (Lipinski definition) is 1. The quantitative estimate of drug-likeness (QED) is 0.833. The molecule has 1 saturated heterocycles. The Kier molecular flexibility index (Phi) is 5.61. The Morgan fingerprint density at radius 3 is 2.37 bits per heavy atom. The van der Waals surface area contributed by atoms with Gasteiger partial charge in [0.2, 0.25) is 0 Å². The van der Waals surface area contributed by atoms with E-state index in [2.05, 4.69) is 4.90 Å². The summed E-state index contributed by atoms with van der Waals surface area (Å²) in [4.78, 5) is 13.9. The molecule has 0 amide bonds. The van der Waals surface area contributed by atoms with E-state index in [0.29, 0.717) is 6.54 Å². The van der Waals surface area contributed by atoms with E-state index >= 15 is 0 Å². The highest BCUT2D eigenvalue weighted by atomic mass is 19.4. The lowest BCUT2D eigenvalue weighted by molar-refractivity contribution is -0.189. The minimum Gasteiger partial charge on any atom is -0.481 e. The van der Waals surface area contributed by atoms with Gasteiger partial charge in [0.1, 0.15) is 6.04 Å². The first-order valence-corrected chi connectivity index (χ1v) is 6.37. The molecule has 1 fully saturated rings. The third-order valence-corrected chi connectivity index (χ3v) is 3.66. The van der Waals surface area contributed by atoms with E-state index in [1.165, 1.54) is 7.05 Å². The average molecular weight is 282 g/mol. The topological polar surface area (TPSA) is 43.8 Å². The molecule has 0 aliphatic carbocycles. The lowest BCUT2D eigenvalue weighted by atomic mass is 9.96. The van der Waals surface area contributed by atoms with E-state index in [0.717, 1.165) is 30.8 Å². The Labute approximate surface area is 111 Å². The first-order chi connectivity index (χ1) is 8.70. The number of rotatable bonds is 5. The maximum atomic E-state index is 12.8. The third kappa shape index (κ3) is 5.36. The molecule has 4 nitrogen and oxygen atoms in total. The van der Waals surface area contributed by atoms with Crippen LogP contribution in [-0.4, -0.2) is 66.8 Å². The van der Waals surface area contributed by atoms with Crippen LogP contribution in [0.1, 0.15) is 19.3 Å². The average Bonchev–Trinajstić information content (AvgIpc) is 2.27. The number of carboxylic acid groups (broad SMARTS) is 1. The molecule has 19 heavy (non-hydrogen) atoms. The summed E-state index contributed by atoms with van der Waals surface area (Å²) in [7, 11) is 3.35. The minimum atomic E-state index is -4.50. The molecular weight excluding hydrogens is 261 g/mol. The second-order valence-electron chi connectivity index (χ2n) is 5.34. The van der Waals surface area contributed by atoms with Gasteiger partial charge in [-0.1, -0.05) is 0 Å². The Balaban J connectivity index is 2.56. The molecule has 0 aromatic carbocycles.